The third kappa shape index (κ3) is 2.17. The maximum atomic E-state index is 10.9. The molecule has 4 nitrogen and oxygen atoms in total. The summed E-state index contributed by atoms with van der Waals surface area (Å²) in [5.41, 5.74) is 2.33. The normalized spacial score (nSPS) is 16.2. The van der Waals surface area contributed by atoms with Crippen LogP contribution in [0.15, 0.2) is 18.2 Å². The molecular weight excluding hydrogens is 204 g/mol. The van der Waals surface area contributed by atoms with Gasteiger partial charge in [0.05, 0.1) is 5.56 Å². The topological polar surface area (TPSA) is 52.6 Å². The molecule has 0 aliphatic carbocycles. The van der Waals surface area contributed by atoms with Gasteiger partial charge in [0.25, 0.3) is 0 Å². The van der Waals surface area contributed by atoms with Crippen LogP contribution in [0, 0.1) is 6.92 Å². The Morgan fingerprint density at radius 2 is 2.06 bits per heavy atom. The first-order valence-electron chi connectivity index (χ1n) is 5.48. The zero-order chi connectivity index (χ0) is 11.5. The monoisotopic (exact) mass is 220 g/mol. The van der Waals surface area contributed by atoms with E-state index in [1.165, 1.54) is 0 Å². The van der Waals surface area contributed by atoms with E-state index in [9.17, 15) is 4.79 Å². The van der Waals surface area contributed by atoms with Gasteiger partial charge in [0, 0.05) is 31.9 Å². The Balaban J connectivity index is 2.23. The first kappa shape index (κ1) is 11.0. The number of anilines is 1. The van der Waals surface area contributed by atoms with Crippen LogP contribution in [0.4, 0.5) is 5.69 Å². The van der Waals surface area contributed by atoms with Crippen LogP contribution in [0.1, 0.15) is 15.9 Å². The highest BCUT2D eigenvalue weighted by molar-refractivity contribution is 5.89. The van der Waals surface area contributed by atoms with E-state index in [1.807, 2.05) is 19.1 Å². The smallest absolute Gasteiger partial charge is 0.335 e. The zero-order valence-electron chi connectivity index (χ0n) is 9.36. The molecule has 1 aromatic rings. The lowest BCUT2D eigenvalue weighted by Crippen LogP contribution is -2.43. The number of aromatic carboxylic acids is 1. The fourth-order valence-corrected chi connectivity index (χ4v) is 2.01. The molecule has 0 amide bonds. The third-order valence-corrected chi connectivity index (χ3v) is 2.92. The van der Waals surface area contributed by atoms with Gasteiger partial charge in [-0.25, -0.2) is 4.79 Å². The number of nitrogens with zero attached hydrogens (tertiary/aromatic N) is 1. The average molecular weight is 220 g/mol. The van der Waals surface area contributed by atoms with Gasteiger partial charge in [-0.2, -0.15) is 0 Å². The minimum absolute atomic E-state index is 0.388. The van der Waals surface area contributed by atoms with Gasteiger partial charge in [0.2, 0.25) is 0 Å². The van der Waals surface area contributed by atoms with Gasteiger partial charge in [0.1, 0.15) is 0 Å². The lowest BCUT2D eigenvalue weighted by atomic mass is 10.1. The van der Waals surface area contributed by atoms with Gasteiger partial charge >= 0.3 is 5.97 Å². The van der Waals surface area contributed by atoms with Crippen LogP contribution in [0.2, 0.25) is 0 Å². The summed E-state index contributed by atoms with van der Waals surface area (Å²) >= 11 is 0. The molecule has 2 rings (SSSR count). The second kappa shape index (κ2) is 4.53. The maximum Gasteiger partial charge on any atom is 0.335 e. The van der Waals surface area contributed by atoms with Crippen molar-refractivity contribution >= 4 is 11.7 Å². The second-order valence-electron chi connectivity index (χ2n) is 4.04. The molecule has 1 aliphatic heterocycles. The molecule has 4 heteroatoms. The number of nitrogens with one attached hydrogen (secondary N) is 1. The van der Waals surface area contributed by atoms with Gasteiger partial charge in [-0.15, -0.1) is 0 Å². The van der Waals surface area contributed by atoms with Crippen molar-refractivity contribution in [1.82, 2.24) is 5.32 Å². The summed E-state index contributed by atoms with van der Waals surface area (Å²) in [5, 5.41) is 12.2. The lowest BCUT2D eigenvalue weighted by Gasteiger charge is -2.29. The molecule has 1 saturated heterocycles. The molecule has 2 N–H and O–H groups in total. The first-order valence-corrected chi connectivity index (χ1v) is 5.48. The molecule has 16 heavy (non-hydrogen) atoms. The van der Waals surface area contributed by atoms with Crippen molar-refractivity contribution in [2.45, 2.75) is 6.92 Å². The Kier molecular flexibility index (Phi) is 3.10. The number of piperazine rings is 1. The molecule has 1 fully saturated rings. The molecule has 0 saturated carbocycles. The van der Waals surface area contributed by atoms with E-state index in [2.05, 4.69) is 10.2 Å². The molecule has 0 atom stereocenters. The van der Waals surface area contributed by atoms with E-state index in [4.69, 9.17) is 5.11 Å². The number of carboxylic acid groups (broad SMARTS) is 1. The van der Waals surface area contributed by atoms with Crippen molar-refractivity contribution in [1.29, 1.82) is 0 Å². The zero-order valence-corrected chi connectivity index (χ0v) is 9.36. The Labute approximate surface area is 94.9 Å². The first-order chi connectivity index (χ1) is 7.68. The molecule has 0 bridgehead atoms. The maximum absolute atomic E-state index is 10.9. The van der Waals surface area contributed by atoms with Crippen LogP contribution in [0.25, 0.3) is 0 Å². The number of aryl methyl sites for hydroxylation is 1. The van der Waals surface area contributed by atoms with Crippen LogP contribution in [-0.2, 0) is 0 Å². The largest absolute Gasteiger partial charge is 0.478 e. The van der Waals surface area contributed by atoms with E-state index in [0.29, 0.717) is 5.56 Å². The van der Waals surface area contributed by atoms with E-state index in [-0.39, 0.29) is 0 Å². The molecule has 1 aliphatic rings. The van der Waals surface area contributed by atoms with E-state index >= 15 is 0 Å². The van der Waals surface area contributed by atoms with Gasteiger partial charge in [0.15, 0.2) is 0 Å². The van der Waals surface area contributed by atoms with Crippen LogP contribution < -0.4 is 10.2 Å². The Bertz CT molecular complexity index is 398. The molecular formula is C12H16N2O2. The Morgan fingerprint density at radius 3 is 2.62 bits per heavy atom. The minimum Gasteiger partial charge on any atom is -0.478 e. The molecule has 0 spiro atoms. The van der Waals surface area contributed by atoms with Crippen molar-refractivity contribution in [3.8, 4) is 0 Å². The molecule has 1 heterocycles. The second-order valence-corrected chi connectivity index (χ2v) is 4.04. The SMILES string of the molecule is Cc1cc(N2CCNCC2)ccc1C(=O)O. The summed E-state index contributed by atoms with van der Waals surface area (Å²) in [4.78, 5) is 13.2. The predicted molar refractivity (Wildman–Crippen MR) is 63.2 cm³/mol. The van der Waals surface area contributed by atoms with Gasteiger partial charge in [-0.3, -0.25) is 0 Å². The molecule has 0 radical (unpaired) electrons. The Hall–Kier alpha value is -1.55. The summed E-state index contributed by atoms with van der Waals surface area (Å²) in [6.07, 6.45) is 0. The van der Waals surface area contributed by atoms with Crippen LogP contribution in [0.5, 0.6) is 0 Å². The molecule has 0 aromatic heterocycles. The van der Waals surface area contributed by atoms with Crippen molar-refractivity contribution in [2.75, 3.05) is 31.1 Å². The standard InChI is InChI=1S/C12H16N2O2/c1-9-8-10(2-3-11(9)12(15)16)14-6-4-13-5-7-14/h2-3,8,13H,4-7H2,1H3,(H,15,16). The summed E-state index contributed by atoms with van der Waals surface area (Å²) in [5.74, 6) is -0.857. The summed E-state index contributed by atoms with van der Waals surface area (Å²) < 4.78 is 0. The van der Waals surface area contributed by atoms with Crippen LogP contribution >= 0.6 is 0 Å². The van der Waals surface area contributed by atoms with E-state index in [0.717, 1.165) is 37.4 Å². The quantitative estimate of drug-likeness (QED) is 0.783. The number of rotatable bonds is 2. The number of carbonyl (C=O) groups is 1. The predicted octanol–water partition coefficient (Wildman–Crippen LogP) is 1.10. The fraction of sp³-hybridized carbons (Fsp3) is 0.417. The van der Waals surface area contributed by atoms with E-state index < -0.39 is 5.97 Å². The molecule has 86 valence electrons. The fourth-order valence-electron chi connectivity index (χ4n) is 2.01. The van der Waals surface area contributed by atoms with Crippen molar-refractivity contribution < 1.29 is 9.90 Å². The lowest BCUT2D eigenvalue weighted by molar-refractivity contribution is 0.0696. The minimum atomic E-state index is -0.857. The van der Waals surface area contributed by atoms with Crippen molar-refractivity contribution in [2.24, 2.45) is 0 Å². The highest BCUT2D eigenvalue weighted by Crippen LogP contribution is 2.19. The molecule has 0 unspecified atom stereocenters. The number of hydrogen-bond donors (Lipinski definition) is 2. The van der Waals surface area contributed by atoms with Gasteiger partial charge < -0.3 is 15.3 Å². The van der Waals surface area contributed by atoms with Crippen LogP contribution in [0.3, 0.4) is 0 Å². The van der Waals surface area contributed by atoms with Crippen molar-refractivity contribution in [3.05, 3.63) is 29.3 Å². The summed E-state index contributed by atoms with van der Waals surface area (Å²) in [6, 6.07) is 5.53. The summed E-state index contributed by atoms with van der Waals surface area (Å²) in [7, 11) is 0. The number of hydrogen-bond acceptors (Lipinski definition) is 3. The average Bonchev–Trinajstić information content (AvgIpc) is 2.29. The summed E-state index contributed by atoms with van der Waals surface area (Å²) in [6.45, 7) is 5.77. The van der Waals surface area contributed by atoms with Gasteiger partial charge in [-0.1, -0.05) is 0 Å². The highest BCUT2D eigenvalue weighted by Gasteiger charge is 2.13. The van der Waals surface area contributed by atoms with Crippen molar-refractivity contribution in [3.63, 3.8) is 0 Å². The molecule has 1 aromatic carbocycles. The highest BCUT2D eigenvalue weighted by atomic mass is 16.4. The van der Waals surface area contributed by atoms with E-state index in [1.54, 1.807) is 6.07 Å². The number of carboxylic acids is 1. The van der Waals surface area contributed by atoms with Crippen LogP contribution in [-0.4, -0.2) is 37.3 Å². The van der Waals surface area contributed by atoms with Gasteiger partial charge in [-0.05, 0) is 30.7 Å². The Morgan fingerprint density at radius 1 is 1.38 bits per heavy atom. The number of benzene rings is 1. The third-order valence-electron chi connectivity index (χ3n) is 2.92.